The molecule has 6 heteroatoms. The standard InChI is InChI=1S/C13H19N3O3/c14-5-2-6-16-12(17)10-4-1-3-9(7-10)8-11(15)13(18)19/h1,3-4,7,11H,2,5-6,8,14-15H2,(H,16,17)(H,18,19). The Labute approximate surface area is 111 Å². The van der Waals surface area contributed by atoms with Crippen LogP contribution in [0.2, 0.25) is 0 Å². The smallest absolute Gasteiger partial charge is 0.320 e. The zero-order chi connectivity index (χ0) is 14.3. The fourth-order valence-electron chi connectivity index (χ4n) is 1.59. The first-order valence-electron chi connectivity index (χ1n) is 6.10. The first-order chi connectivity index (χ1) is 9.04. The lowest BCUT2D eigenvalue weighted by Crippen LogP contribution is -2.32. The van der Waals surface area contributed by atoms with Crippen LogP contribution in [0.25, 0.3) is 0 Å². The van der Waals surface area contributed by atoms with Gasteiger partial charge in [0.2, 0.25) is 0 Å². The fraction of sp³-hybridized carbons (Fsp3) is 0.385. The molecule has 0 bridgehead atoms. The van der Waals surface area contributed by atoms with Gasteiger partial charge in [0.05, 0.1) is 0 Å². The molecule has 1 aromatic carbocycles. The van der Waals surface area contributed by atoms with E-state index in [-0.39, 0.29) is 12.3 Å². The van der Waals surface area contributed by atoms with Crippen LogP contribution in [0, 0.1) is 0 Å². The molecule has 0 aliphatic carbocycles. The molecule has 1 amide bonds. The van der Waals surface area contributed by atoms with Gasteiger partial charge < -0.3 is 21.9 Å². The number of nitrogens with one attached hydrogen (secondary N) is 1. The Balaban J connectivity index is 2.66. The van der Waals surface area contributed by atoms with E-state index in [2.05, 4.69) is 5.32 Å². The van der Waals surface area contributed by atoms with Crippen LogP contribution in [0.15, 0.2) is 24.3 Å². The van der Waals surface area contributed by atoms with E-state index in [4.69, 9.17) is 16.6 Å². The van der Waals surface area contributed by atoms with E-state index in [1.807, 2.05) is 0 Å². The maximum atomic E-state index is 11.8. The van der Waals surface area contributed by atoms with Crippen LogP contribution in [-0.4, -0.2) is 36.1 Å². The Morgan fingerprint density at radius 3 is 2.74 bits per heavy atom. The van der Waals surface area contributed by atoms with E-state index in [1.165, 1.54) is 0 Å². The van der Waals surface area contributed by atoms with Gasteiger partial charge in [-0.15, -0.1) is 0 Å². The third kappa shape index (κ3) is 5.07. The summed E-state index contributed by atoms with van der Waals surface area (Å²) in [4.78, 5) is 22.5. The van der Waals surface area contributed by atoms with Crippen molar-refractivity contribution in [3.8, 4) is 0 Å². The summed E-state index contributed by atoms with van der Waals surface area (Å²) in [5.41, 5.74) is 12.0. The largest absolute Gasteiger partial charge is 0.480 e. The highest BCUT2D eigenvalue weighted by Gasteiger charge is 2.13. The van der Waals surface area contributed by atoms with Gasteiger partial charge in [-0.3, -0.25) is 9.59 Å². The molecule has 6 nitrogen and oxygen atoms in total. The van der Waals surface area contributed by atoms with E-state index in [0.29, 0.717) is 18.7 Å². The molecule has 0 saturated heterocycles. The second kappa shape index (κ2) is 7.50. The lowest BCUT2D eigenvalue weighted by molar-refractivity contribution is -0.138. The number of hydrogen-bond donors (Lipinski definition) is 4. The molecule has 0 aliphatic rings. The topological polar surface area (TPSA) is 118 Å². The van der Waals surface area contributed by atoms with Crippen LogP contribution in [0.3, 0.4) is 0 Å². The fourth-order valence-corrected chi connectivity index (χ4v) is 1.59. The van der Waals surface area contributed by atoms with Gasteiger partial charge in [0.15, 0.2) is 0 Å². The highest BCUT2D eigenvalue weighted by atomic mass is 16.4. The maximum absolute atomic E-state index is 11.8. The number of carbonyl (C=O) groups is 2. The van der Waals surface area contributed by atoms with Gasteiger partial charge in [-0.2, -0.15) is 0 Å². The Kier molecular flexibility index (Phi) is 5.98. The number of benzene rings is 1. The number of carbonyl (C=O) groups excluding carboxylic acids is 1. The Morgan fingerprint density at radius 1 is 1.37 bits per heavy atom. The van der Waals surface area contributed by atoms with Crippen LogP contribution < -0.4 is 16.8 Å². The van der Waals surface area contributed by atoms with Crippen molar-refractivity contribution in [3.63, 3.8) is 0 Å². The minimum atomic E-state index is -1.06. The first-order valence-corrected chi connectivity index (χ1v) is 6.10. The molecular formula is C13H19N3O3. The third-order valence-corrected chi connectivity index (χ3v) is 2.63. The van der Waals surface area contributed by atoms with Crippen molar-refractivity contribution in [1.82, 2.24) is 5.32 Å². The predicted molar refractivity (Wildman–Crippen MR) is 71.8 cm³/mol. The first kappa shape index (κ1) is 15.1. The van der Waals surface area contributed by atoms with Gasteiger partial charge in [0, 0.05) is 12.1 Å². The molecule has 0 aromatic heterocycles. The van der Waals surface area contributed by atoms with Crippen molar-refractivity contribution in [2.45, 2.75) is 18.9 Å². The lowest BCUT2D eigenvalue weighted by atomic mass is 10.0. The maximum Gasteiger partial charge on any atom is 0.320 e. The second-order valence-corrected chi connectivity index (χ2v) is 4.25. The van der Waals surface area contributed by atoms with Crippen molar-refractivity contribution in [2.24, 2.45) is 11.5 Å². The quantitative estimate of drug-likeness (QED) is 0.506. The highest BCUT2D eigenvalue weighted by Crippen LogP contribution is 2.07. The summed E-state index contributed by atoms with van der Waals surface area (Å²) < 4.78 is 0. The lowest BCUT2D eigenvalue weighted by Gasteiger charge is -2.08. The number of hydrogen-bond acceptors (Lipinski definition) is 4. The monoisotopic (exact) mass is 265 g/mol. The van der Waals surface area contributed by atoms with E-state index in [1.54, 1.807) is 24.3 Å². The van der Waals surface area contributed by atoms with Crippen molar-refractivity contribution < 1.29 is 14.7 Å². The van der Waals surface area contributed by atoms with Crippen LogP contribution in [0.1, 0.15) is 22.3 Å². The molecule has 6 N–H and O–H groups in total. The molecule has 0 saturated carbocycles. The second-order valence-electron chi connectivity index (χ2n) is 4.25. The Morgan fingerprint density at radius 2 is 2.11 bits per heavy atom. The highest BCUT2D eigenvalue weighted by molar-refractivity contribution is 5.94. The summed E-state index contributed by atoms with van der Waals surface area (Å²) in [6.07, 6.45) is 0.911. The molecule has 1 rings (SSSR count). The molecule has 19 heavy (non-hydrogen) atoms. The molecule has 0 spiro atoms. The van der Waals surface area contributed by atoms with E-state index in [0.717, 1.165) is 12.0 Å². The normalized spacial score (nSPS) is 11.9. The van der Waals surface area contributed by atoms with Gasteiger partial charge in [0.25, 0.3) is 5.91 Å². The van der Waals surface area contributed by atoms with Crippen molar-refractivity contribution in [3.05, 3.63) is 35.4 Å². The van der Waals surface area contributed by atoms with Crippen molar-refractivity contribution >= 4 is 11.9 Å². The molecule has 1 unspecified atom stereocenters. The molecule has 1 aromatic rings. The molecule has 104 valence electrons. The predicted octanol–water partition coefficient (Wildman–Crippen LogP) is -0.280. The molecule has 0 fully saturated rings. The third-order valence-electron chi connectivity index (χ3n) is 2.63. The van der Waals surface area contributed by atoms with Gasteiger partial charge in [-0.05, 0) is 37.1 Å². The van der Waals surface area contributed by atoms with E-state index >= 15 is 0 Å². The van der Waals surface area contributed by atoms with Crippen LogP contribution in [0.4, 0.5) is 0 Å². The van der Waals surface area contributed by atoms with Crippen LogP contribution in [0.5, 0.6) is 0 Å². The summed E-state index contributed by atoms with van der Waals surface area (Å²) in [6, 6.07) is 5.82. The summed E-state index contributed by atoms with van der Waals surface area (Å²) in [7, 11) is 0. The molecule has 0 heterocycles. The number of carboxylic acid groups (broad SMARTS) is 1. The summed E-state index contributed by atoms with van der Waals surface area (Å²) in [6.45, 7) is 1.04. The van der Waals surface area contributed by atoms with Gasteiger partial charge in [0.1, 0.15) is 6.04 Å². The average molecular weight is 265 g/mol. The molecule has 0 aliphatic heterocycles. The van der Waals surface area contributed by atoms with Crippen molar-refractivity contribution in [2.75, 3.05) is 13.1 Å². The molecule has 1 atom stereocenters. The SMILES string of the molecule is NCCCNC(=O)c1cccc(CC(N)C(=O)O)c1. The Hall–Kier alpha value is -1.92. The number of amides is 1. The number of rotatable bonds is 7. The van der Waals surface area contributed by atoms with Crippen molar-refractivity contribution in [1.29, 1.82) is 0 Å². The van der Waals surface area contributed by atoms with Gasteiger partial charge in [-0.1, -0.05) is 12.1 Å². The summed E-state index contributed by atoms with van der Waals surface area (Å²) in [5.74, 6) is -1.25. The average Bonchev–Trinajstić information content (AvgIpc) is 2.39. The van der Waals surface area contributed by atoms with E-state index in [9.17, 15) is 9.59 Å². The van der Waals surface area contributed by atoms with Gasteiger partial charge in [-0.25, -0.2) is 0 Å². The molecular weight excluding hydrogens is 246 g/mol. The van der Waals surface area contributed by atoms with E-state index < -0.39 is 12.0 Å². The van der Waals surface area contributed by atoms with Crippen LogP contribution >= 0.6 is 0 Å². The van der Waals surface area contributed by atoms with Crippen LogP contribution in [-0.2, 0) is 11.2 Å². The zero-order valence-electron chi connectivity index (χ0n) is 10.6. The summed E-state index contributed by atoms with van der Waals surface area (Å²) >= 11 is 0. The van der Waals surface area contributed by atoms with Gasteiger partial charge >= 0.3 is 5.97 Å². The number of aliphatic carboxylic acids is 1. The Bertz CT molecular complexity index is 449. The molecule has 0 radical (unpaired) electrons. The number of nitrogens with two attached hydrogens (primary N) is 2. The minimum absolute atomic E-state index is 0.194. The number of carboxylic acids is 1. The summed E-state index contributed by atoms with van der Waals surface area (Å²) in [5, 5.41) is 11.5. The minimum Gasteiger partial charge on any atom is -0.480 e. The zero-order valence-corrected chi connectivity index (χ0v) is 10.6.